The molecule has 0 saturated carbocycles. The van der Waals surface area contributed by atoms with Crippen LogP contribution in [0.1, 0.15) is 19.5 Å². The van der Waals surface area contributed by atoms with Gasteiger partial charge in [0.05, 0.1) is 36.8 Å². The third kappa shape index (κ3) is 4.67. The van der Waals surface area contributed by atoms with Gasteiger partial charge in [0.25, 0.3) is 0 Å². The van der Waals surface area contributed by atoms with E-state index in [2.05, 4.69) is 20.5 Å². The van der Waals surface area contributed by atoms with Crippen molar-refractivity contribution >= 4 is 23.2 Å². The van der Waals surface area contributed by atoms with Crippen LogP contribution in [0.2, 0.25) is 0 Å². The summed E-state index contributed by atoms with van der Waals surface area (Å²) in [5.41, 5.74) is 1.14. The number of rotatable bonds is 6. The van der Waals surface area contributed by atoms with Gasteiger partial charge in [-0.3, -0.25) is 14.6 Å². The third-order valence-electron chi connectivity index (χ3n) is 4.80. The number of nitrogens with one attached hydrogen (secondary N) is 2. The number of morpholine rings is 1. The first kappa shape index (κ1) is 19.8. The molecular weight excluding hydrogens is 356 g/mol. The zero-order valence-corrected chi connectivity index (χ0v) is 16.3. The molecule has 0 spiro atoms. The molecule has 7 nitrogen and oxygen atoms in total. The van der Waals surface area contributed by atoms with Crippen LogP contribution in [0.15, 0.2) is 48.7 Å². The Bertz CT molecular complexity index is 817. The number of ether oxygens (including phenoxy) is 1. The Morgan fingerprint density at radius 3 is 2.50 bits per heavy atom. The van der Waals surface area contributed by atoms with Gasteiger partial charge in [-0.15, -0.1) is 0 Å². The van der Waals surface area contributed by atoms with Crippen molar-refractivity contribution in [3.05, 3.63) is 54.4 Å². The van der Waals surface area contributed by atoms with Gasteiger partial charge in [0, 0.05) is 19.3 Å². The predicted octanol–water partition coefficient (Wildman–Crippen LogP) is 2.20. The first-order valence-electron chi connectivity index (χ1n) is 9.40. The van der Waals surface area contributed by atoms with Crippen molar-refractivity contribution < 1.29 is 14.3 Å². The summed E-state index contributed by atoms with van der Waals surface area (Å²) < 4.78 is 5.40. The lowest BCUT2D eigenvalue weighted by Crippen LogP contribution is -2.45. The molecule has 0 aliphatic carbocycles. The third-order valence-corrected chi connectivity index (χ3v) is 4.80. The number of carbonyl (C=O) groups excluding carboxylic acids is 2. The van der Waals surface area contributed by atoms with E-state index in [4.69, 9.17) is 4.74 Å². The molecule has 2 heterocycles. The summed E-state index contributed by atoms with van der Waals surface area (Å²) in [4.78, 5) is 31.9. The van der Waals surface area contributed by atoms with Crippen LogP contribution in [-0.4, -0.2) is 43.1 Å². The highest BCUT2D eigenvalue weighted by atomic mass is 16.5. The molecule has 2 amide bonds. The quantitative estimate of drug-likeness (QED) is 0.749. The van der Waals surface area contributed by atoms with Crippen LogP contribution < -0.4 is 15.5 Å². The average Bonchev–Trinajstić information content (AvgIpc) is 2.73. The van der Waals surface area contributed by atoms with Gasteiger partial charge in [-0.2, -0.15) is 0 Å². The van der Waals surface area contributed by atoms with E-state index in [1.807, 2.05) is 42.5 Å². The van der Waals surface area contributed by atoms with E-state index in [0.717, 1.165) is 24.5 Å². The maximum absolute atomic E-state index is 12.9. The predicted molar refractivity (Wildman–Crippen MR) is 108 cm³/mol. The number of pyridine rings is 1. The summed E-state index contributed by atoms with van der Waals surface area (Å²) in [7, 11) is 0. The van der Waals surface area contributed by atoms with Gasteiger partial charge < -0.3 is 20.3 Å². The summed E-state index contributed by atoms with van der Waals surface area (Å²) >= 11 is 0. The highest BCUT2D eigenvalue weighted by Crippen LogP contribution is 2.28. The summed E-state index contributed by atoms with van der Waals surface area (Å²) in [6.07, 6.45) is 1.67. The van der Waals surface area contributed by atoms with Gasteiger partial charge in [0.1, 0.15) is 5.41 Å². The van der Waals surface area contributed by atoms with Crippen molar-refractivity contribution in [2.75, 3.05) is 36.5 Å². The van der Waals surface area contributed by atoms with Crippen LogP contribution in [0.3, 0.4) is 0 Å². The molecule has 0 radical (unpaired) electrons. The molecule has 3 rings (SSSR count). The van der Waals surface area contributed by atoms with E-state index < -0.39 is 5.41 Å². The lowest BCUT2D eigenvalue weighted by Gasteiger charge is -2.31. The van der Waals surface area contributed by atoms with Crippen LogP contribution in [-0.2, 0) is 20.9 Å². The minimum absolute atomic E-state index is 0.279. The van der Waals surface area contributed by atoms with Crippen molar-refractivity contribution in [3.63, 3.8) is 0 Å². The van der Waals surface area contributed by atoms with E-state index in [-0.39, 0.29) is 18.4 Å². The molecule has 7 heteroatoms. The molecule has 28 heavy (non-hydrogen) atoms. The number of anilines is 2. The zero-order valence-electron chi connectivity index (χ0n) is 16.3. The van der Waals surface area contributed by atoms with Crippen LogP contribution in [0.5, 0.6) is 0 Å². The summed E-state index contributed by atoms with van der Waals surface area (Å²) in [5, 5.41) is 5.72. The molecule has 1 aromatic heterocycles. The maximum Gasteiger partial charge on any atom is 0.239 e. The Labute approximate surface area is 165 Å². The molecule has 2 aromatic rings. The van der Waals surface area contributed by atoms with E-state index in [9.17, 15) is 9.59 Å². The average molecular weight is 382 g/mol. The minimum atomic E-state index is -1.23. The van der Waals surface area contributed by atoms with Crippen LogP contribution in [0.4, 0.5) is 11.4 Å². The molecular formula is C21H26N4O3. The number of para-hydroxylation sites is 2. The molecule has 0 atom stereocenters. The second-order valence-corrected chi connectivity index (χ2v) is 7.20. The number of hydrogen-bond acceptors (Lipinski definition) is 5. The summed E-state index contributed by atoms with van der Waals surface area (Å²) in [6.45, 7) is 6.36. The Hall–Kier alpha value is -2.93. The molecule has 1 aliphatic rings. The number of nitrogens with zero attached hydrogens (tertiary/aromatic N) is 2. The standard InChI is InChI=1S/C21H26N4O3/c1-21(2,19(26)23-15-16-7-5-6-10-22-16)20(27)24-17-8-3-4-9-18(17)25-11-13-28-14-12-25/h3-10H,11-15H2,1-2H3,(H,23,26)(H,24,27). The fourth-order valence-corrected chi connectivity index (χ4v) is 2.94. The Morgan fingerprint density at radius 1 is 1.07 bits per heavy atom. The van der Waals surface area contributed by atoms with Gasteiger partial charge >= 0.3 is 0 Å². The van der Waals surface area contributed by atoms with Crippen LogP contribution in [0.25, 0.3) is 0 Å². The number of carbonyl (C=O) groups is 2. The lowest BCUT2D eigenvalue weighted by atomic mass is 9.90. The number of benzene rings is 1. The van der Waals surface area contributed by atoms with E-state index in [1.165, 1.54) is 0 Å². The molecule has 1 aliphatic heterocycles. The maximum atomic E-state index is 12.9. The first-order valence-corrected chi connectivity index (χ1v) is 9.40. The Balaban J connectivity index is 1.66. The number of amides is 2. The van der Waals surface area contributed by atoms with E-state index in [0.29, 0.717) is 18.9 Å². The second kappa shape index (κ2) is 8.84. The van der Waals surface area contributed by atoms with Crippen molar-refractivity contribution in [2.24, 2.45) is 5.41 Å². The molecule has 0 unspecified atom stereocenters. The second-order valence-electron chi connectivity index (χ2n) is 7.20. The Morgan fingerprint density at radius 2 is 1.79 bits per heavy atom. The van der Waals surface area contributed by atoms with Crippen molar-refractivity contribution in [1.82, 2.24) is 10.3 Å². The smallest absolute Gasteiger partial charge is 0.239 e. The highest BCUT2D eigenvalue weighted by Gasteiger charge is 2.36. The molecule has 1 fully saturated rings. The molecule has 1 aromatic carbocycles. The monoisotopic (exact) mass is 382 g/mol. The minimum Gasteiger partial charge on any atom is -0.378 e. The topological polar surface area (TPSA) is 83.6 Å². The van der Waals surface area contributed by atoms with Crippen LogP contribution >= 0.6 is 0 Å². The van der Waals surface area contributed by atoms with Crippen LogP contribution in [0, 0.1) is 5.41 Å². The fraction of sp³-hybridized carbons (Fsp3) is 0.381. The van der Waals surface area contributed by atoms with Gasteiger partial charge in [-0.25, -0.2) is 0 Å². The Kier molecular flexibility index (Phi) is 6.26. The largest absolute Gasteiger partial charge is 0.378 e. The number of hydrogen-bond donors (Lipinski definition) is 2. The SMILES string of the molecule is CC(C)(C(=O)NCc1ccccn1)C(=O)Nc1ccccc1N1CCOCC1. The molecule has 2 N–H and O–H groups in total. The van der Waals surface area contributed by atoms with Gasteiger partial charge in [-0.05, 0) is 38.1 Å². The number of aromatic nitrogens is 1. The van der Waals surface area contributed by atoms with Crippen molar-refractivity contribution in [2.45, 2.75) is 20.4 Å². The zero-order chi connectivity index (χ0) is 20.0. The van der Waals surface area contributed by atoms with Gasteiger partial charge in [-0.1, -0.05) is 18.2 Å². The molecule has 1 saturated heterocycles. The van der Waals surface area contributed by atoms with Gasteiger partial charge in [0.2, 0.25) is 11.8 Å². The first-order chi connectivity index (χ1) is 13.5. The van der Waals surface area contributed by atoms with Crippen molar-refractivity contribution in [3.8, 4) is 0 Å². The molecule has 148 valence electrons. The van der Waals surface area contributed by atoms with E-state index in [1.54, 1.807) is 20.0 Å². The van der Waals surface area contributed by atoms with E-state index >= 15 is 0 Å². The highest BCUT2D eigenvalue weighted by molar-refractivity contribution is 6.10. The van der Waals surface area contributed by atoms with Crippen molar-refractivity contribution in [1.29, 1.82) is 0 Å². The lowest BCUT2D eigenvalue weighted by molar-refractivity contribution is -0.138. The van der Waals surface area contributed by atoms with Gasteiger partial charge in [0.15, 0.2) is 0 Å². The normalized spacial score (nSPS) is 14.4. The fourth-order valence-electron chi connectivity index (χ4n) is 2.94. The molecule has 0 bridgehead atoms. The summed E-state index contributed by atoms with van der Waals surface area (Å²) in [5.74, 6) is -0.703. The summed E-state index contributed by atoms with van der Waals surface area (Å²) in [6, 6.07) is 13.1.